The van der Waals surface area contributed by atoms with Gasteiger partial charge in [-0.1, -0.05) is 36.4 Å². The van der Waals surface area contributed by atoms with Gasteiger partial charge in [0.25, 0.3) is 5.91 Å². The Morgan fingerprint density at radius 3 is 2.24 bits per heavy atom. The Hall–Kier alpha value is -3.72. The molecule has 3 amide bonds. The molecule has 3 rings (SSSR count). The van der Waals surface area contributed by atoms with Crippen LogP contribution in [0.5, 0.6) is 0 Å². The van der Waals surface area contributed by atoms with Crippen molar-refractivity contribution in [2.75, 3.05) is 11.6 Å². The third-order valence-corrected chi connectivity index (χ3v) is 4.60. The minimum atomic E-state index is -0.990. The number of thiazole rings is 1. The molecule has 0 saturated carbocycles. The molecule has 0 atom stereocenters. The van der Waals surface area contributed by atoms with Gasteiger partial charge in [0.15, 0.2) is 5.69 Å². The van der Waals surface area contributed by atoms with Crippen LogP contribution in [-0.4, -0.2) is 34.5 Å². The van der Waals surface area contributed by atoms with Gasteiger partial charge in [0, 0.05) is 10.9 Å². The largest absolute Gasteiger partial charge is 0.461 e. The summed E-state index contributed by atoms with van der Waals surface area (Å²) in [6.45, 7) is 1.89. The number of carbonyl (C=O) groups is 3. The number of esters is 1. The number of amides is 3. The second kappa shape index (κ2) is 8.98. The SMILES string of the molecule is CCOC(=O)c1csc(N(c2ccccc2)N(C(N)=O)C(=O)c2ccccc2)n1. The van der Waals surface area contributed by atoms with Gasteiger partial charge in [-0.3, -0.25) is 4.79 Å². The molecule has 0 unspecified atom stereocenters. The predicted octanol–water partition coefficient (Wildman–Crippen LogP) is 3.59. The van der Waals surface area contributed by atoms with Crippen molar-refractivity contribution >= 4 is 40.1 Å². The molecule has 1 aromatic heterocycles. The zero-order chi connectivity index (χ0) is 20.8. The maximum Gasteiger partial charge on any atom is 0.357 e. The molecule has 29 heavy (non-hydrogen) atoms. The molecule has 2 N–H and O–H groups in total. The second-order valence-corrected chi connectivity index (χ2v) is 6.54. The molecule has 0 aliphatic rings. The zero-order valence-electron chi connectivity index (χ0n) is 15.5. The quantitative estimate of drug-likeness (QED) is 0.492. The van der Waals surface area contributed by atoms with Gasteiger partial charge in [0.05, 0.1) is 12.3 Å². The van der Waals surface area contributed by atoms with Gasteiger partial charge in [-0.05, 0) is 31.2 Å². The molecule has 0 saturated heterocycles. The fourth-order valence-electron chi connectivity index (χ4n) is 2.53. The number of carbonyl (C=O) groups excluding carboxylic acids is 3. The molecule has 0 spiro atoms. The van der Waals surface area contributed by atoms with Crippen LogP contribution in [-0.2, 0) is 4.74 Å². The van der Waals surface area contributed by atoms with Crippen LogP contribution in [0.1, 0.15) is 27.8 Å². The molecular formula is C20H18N4O4S. The second-order valence-electron chi connectivity index (χ2n) is 5.70. The summed E-state index contributed by atoms with van der Waals surface area (Å²) >= 11 is 1.08. The maximum atomic E-state index is 13.1. The summed E-state index contributed by atoms with van der Waals surface area (Å²) in [7, 11) is 0. The summed E-state index contributed by atoms with van der Waals surface area (Å²) in [6.07, 6.45) is 0. The number of aromatic nitrogens is 1. The number of hydrogen-bond acceptors (Lipinski definition) is 7. The molecule has 3 aromatic rings. The monoisotopic (exact) mass is 410 g/mol. The standard InChI is InChI=1S/C20H18N4O4S/c1-2-28-18(26)16-13-29-20(22-16)23(15-11-7-4-8-12-15)24(19(21)27)17(25)14-9-5-3-6-10-14/h3-13H,2H2,1H3,(H2,21,27). The van der Waals surface area contributed by atoms with Gasteiger partial charge in [-0.25, -0.2) is 19.6 Å². The topological polar surface area (TPSA) is 106 Å². The maximum absolute atomic E-state index is 13.1. The summed E-state index contributed by atoms with van der Waals surface area (Å²) in [5.74, 6) is -1.22. The third kappa shape index (κ3) is 4.41. The first-order valence-electron chi connectivity index (χ1n) is 8.69. The van der Waals surface area contributed by atoms with E-state index in [0.29, 0.717) is 5.69 Å². The van der Waals surface area contributed by atoms with Crippen molar-refractivity contribution in [1.82, 2.24) is 9.99 Å². The lowest BCUT2D eigenvalue weighted by atomic mass is 10.2. The lowest BCUT2D eigenvalue weighted by Crippen LogP contribution is -2.50. The van der Waals surface area contributed by atoms with E-state index < -0.39 is 17.9 Å². The Kier molecular flexibility index (Phi) is 6.20. The highest BCUT2D eigenvalue weighted by molar-refractivity contribution is 7.14. The van der Waals surface area contributed by atoms with E-state index in [0.717, 1.165) is 16.3 Å². The molecule has 0 fully saturated rings. The number of hydrogen-bond donors (Lipinski definition) is 1. The molecule has 0 aliphatic heterocycles. The van der Waals surface area contributed by atoms with Crippen molar-refractivity contribution in [2.24, 2.45) is 5.73 Å². The van der Waals surface area contributed by atoms with Crippen LogP contribution in [0.3, 0.4) is 0 Å². The van der Waals surface area contributed by atoms with E-state index in [1.807, 2.05) is 0 Å². The Morgan fingerprint density at radius 1 is 1.03 bits per heavy atom. The van der Waals surface area contributed by atoms with E-state index >= 15 is 0 Å². The Labute approximate surface area is 171 Å². The normalized spacial score (nSPS) is 10.2. The van der Waals surface area contributed by atoms with E-state index in [2.05, 4.69) is 4.98 Å². The molecule has 148 valence electrons. The number of rotatable bonds is 6. The van der Waals surface area contributed by atoms with E-state index in [-0.39, 0.29) is 23.0 Å². The van der Waals surface area contributed by atoms with Crippen molar-refractivity contribution in [2.45, 2.75) is 6.92 Å². The number of para-hydroxylation sites is 1. The first kappa shape index (κ1) is 20.0. The lowest BCUT2D eigenvalue weighted by molar-refractivity contribution is 0.0520. The molecule has 0 bridgehead atoms. The molecule has 2 aromatic carbocycles. The average molecular weight is 410 g/mol. The third-order valence-electron chi connectivity index (χ3n) is 3.78. The number of anilines is 2. The van der Waals surface area contributed by atoms with E-state index in [4.69, 9.17) is 10.5 Å². The number of nitrogens with zero attached hydrogens (tertiary/aromatic N) is 3. The zero-order valence-corrected chi connectivity index (χ0v) is 16.3. The summed E-state index contributed by atoms with van der Waals surface area (Å²) in [5, 5.41) is 3.78. The molecule has 8 nitrogen and oxygen atoms in total. The molecule has 9 heteroatoms. The first-order valence-corrected chi connectivity index (χ1v) is 9.57. The van der Waals surface area contributed by atoms with Gasteiger partial charge in [0.1, 0.15) is 0 Å². The van der Waals surface area contributed by atoms with Crippen LogP contribution in [0.15, 0.2) is 66.0 Å². The first-order chi connectivity index (χ1) is 14.0. The van der Waals surface area contributed by atoms with Crippen molar-refractivity contribution in [1.29, 1.82) is 0 Å². The van der Waals surface area contributed by atoms with Crippen LogP contribution < -0.4 is 10.7 Å². The van der Waals surface area contributed by atoms with E-state index in [1.165, 1.54) is 10.4 Å². The number of urea groups is 1. The number of benzene rings is 2. The summed E-state index contributed by atoms with van der Waals surface area (Å²) in [5.41, 5.74) is 6.39. The minimum Gasteiger partial charge on any atom is -0.461 e. The Bertz CT molecular complexity index is 1010. The minimum absolute atomic E-state index is 0.0735. The van der Waals surface area contributed by atoms with Gasteiger partial charge in [-0.15, -0.1) is 11.3 Å². The molecular weight excluding hydrogens is 392 g/mol. The number of hydrazine groups is 1. The van der Waals surface area contributed by atoms with Crippen LogP contribution in [0.25, 0.3) is 0 Å². The van der Waals surface area contributed by atoms with Gasteiger partial charge >= 0.3 is 12.0 Å². The Morgan fingerprint density at radius 2 is 1.66 bits per heavy atom. The van der Waals surface area contributed by atoms with Crippen molar-refractivity contribution in [3.05, 3.63) is 77.3 Å². The summed E-state index contributed by atoms with van der Waals surface area (Å²) in [6, 6.07) is 16.0. The van der Waals surface area contributed by atoms with Gasteiger partial charge < -0.3 is 10.5 Å². The lowest BCUT2D eigenvalue weighted by Gasteiger charge is -2.31. The van der Waals surface area contributed by atoms with E-state index in [1.54, 1.807) is 67.6 Å². The van der Waals surface area contributed by atoms with Gasteiger partial charge in [-0.2, -0.15) is 5.01 Å². The smallest absolute Gasteiger partial charge is 0.357 e. The van der Waals surface area contributed by atoms with Crippen LogP contribution in [0.4, 0.5) is 15.6 Å². The molecule has 0 radical (unpaired) electrons. The van der Waals surface area contributed by atoms with Crippen LogP contribution in [0, 0.1) is 0 Å². The van der Waals surface area contributed by atoms with Crippen molar-refractivity contribution in [3.8, 4) is 0 Å². The highest BCUT2D eigenvalue weighted by Gasteiger charge is 2.31. The predicted molar refractivity (Wildman–Crippen MR) is 109 cm³/mol. The fourth-order valence-corrected chi connectivity index (χ4v) is 3.34. The van der Waals surface area contributed by atoms with Crippen LogP contribution in [0.2, 0.25) is 0 Å². The highest BCUT2D eigenvalue weighted by atomic mass is 32.1. The summed E-state index contributed by atoms with van der Waals surface area (Å²) in [4.78, 5) is 41.7. The highest BCUT2D eigenvalue weighted by Crippen LogP contribution is 2.31. The molecule has 1 heterocycles. The van der Waals surface area contributed by atoms with Crippen molar-refractivity contribution in [3.63, 3.8) is 0 Å². The number of ether oxygens (including phenoxy) is 1. The van der Waals surface area contributed by atoms with Crippen LogP contribution >= 0.6 is 11.3 Å². The number of imide groups is 1. The van der Waals surface area contributed by atoms with Crippen molar-refractivity contribution < 1.29 is 19.1 Å². The van der Waals surface area contributed by atoms with E-state index in [9.17, 15) is 14.4 Å². The number of nitrogens with two attached hydrogens (primary N) is 1. The molecule has 0 aliphatic carbocycles. The summed E-state index contributed by atoms with van der Waals surface area (Å²) < 4.78 is 4.97. The number of primary amides is 1. The Balaban J connectivity index is 2.08. The van der Waals surface area contributed by atoms with Gasteiger partial charge in [0.2, 0.25) is 5.13 Å². The fraction of sp³-hybridized carbons (Fsp3) is 0.100. The average Bonchev–Trinajstić information content (AvgIpc) is 3.22.